The second-order valence-corrected chi connectivity index (χ2v) is 5.83. The van der Waals surface area contributed by atoms with Crippen LogP contribution in [0.25, 0.3) is 0 Å². The van der Waals surface area contributed by atoms with Gasteiger partial charge in [-0.15, -0.1) is 11.3 Å². The van der Waals surface area contributed by atoms with Crippen LogP contribution in [0.1, 0.15) is 29.0 Å². The Morgan fingerprint density at radius 3 is 2.18 bits per heavy atom. The molecule has 108 valence electrons. The van der Waals surface area contributed by atoms with Crippen LogP contribution >= 0.6 is 11.3 Å². The summed E-state index contributed by atoms with van der Waals surface area (Å²) in [5.74, 6) is 0.629. The van der Waals surface area contributed by atoms with E-state index < -0.39 is 0 Å². The fourth-order valence-corrected chi connectivity index (χ4v) is 3.17. The van der Waals surface area contributed by atoms with Crippen molar-refractivity contribution < 1.29 is 4.74 Å². The van der Waals surface area contributed by atoms with Gasteiger partial charge < -0.3 is 4.74 Å². The lowest BCUT2D eigenvalue weighted by Crippen LogP contribution is -2.09. The number of hydrogen-bond donors (Lipinski definition) is 0. The molecule has 0 fully saturated rings. The lowest BCUT2D eigenvalue weighted by atomic mass is 9.97. The normalized spacial score (nSPS) is 20.5. The van der Waals surface area contributed by atoms with Crippen LogP contribution in [-0.2, 0) is 4.74 Å². The first-order chi connectivity index (χ1) is 10.9. The van der Waals surface area contributed by atoms with Crippen molar-refractivity contribution in [1.29, 1.82) is 0 Å². The molecule has 0 N–H and O–H groups in total. The molecule has 2 atom stereocenters. The number of aliphatic imine (C=N–C) groups is 1. The highest BCUT2D eigenvalue weighted by atomic mass is 32.1. The van der Waals surface area contributed by atoms with Gasteiger partial charge in [-0.2, -0.15) is 0 Å². The van der Waals surface area contributed by atoms with Gasteiger partial charge in [-0.25, -0.2) is 9.98 Å². The maximum absolute atomic E-state index is 6.15. The van der Waals surface area contributed by atoms with Gasteiger partial charge in [0, 0.05) is 5.38 Å². The van der Waals surface area contributed by atoms with Crippen LogP contribution in [0, 0.1) is 0 Å². The van der Waals surface area contributed by atoms with E-state index in [-0.39, 0.29) is 12.1 Å². The monoisotopic (exact) mass is 306 g/mol. The number of benzene rings is 2. The summed E-state index contributed by atoms with van der Waals surface area (Å²) < 4.78 is 6.15. The van der Waals surface area contributed by atoms with Crippen molar-refractivity contribution in [2.75, 3.05) is 0 Å². The molecule has 0 aliphatic carbocycles. The zero-order chi connectivity index (χ0) is 14.8. The predicted molar refractivity (Wildman–Crippen MR) is 88.1 cm³/mol. The van der Waals surface area contributed by atoms with Gasteiger partial charge in [0.15, 0.2) is 6.10 Å². The average molecular weight is 306 g/mol. The minimum atomic E-state index is -0.111. The van der Waals surface area contributed by atoms with E-state index in [9.17, 15) is 0 Å². The van der Waals surface area contributed by atoms with Crippen molar-refractivity contribution in [1.82, 2.24) is 4.98 Å². The van der Waals surface area contributed by atoms with E-state index in [1.807, 2.05) is 41.8 Å². The second kappa shape index (κ2) is 5.73. The van der Waals surface area contributed by atoms with E-state index in [0.29, 0.717) is 5.90 Å². The van der Waals surface area contributed by atoms with Crippen LogP contribution in [0.2, 0.25) is 0 Å². The molecule has 1 aliphatic rings. The van der Waals surface area contributed by atoms with Crippen LogP contribution in [0.5, 0.6) is 0 Å². The smallest absolute Gasteiger partial charge is 0.237 e. The fraction of sp³-hybridized carbons (Fsp3) is 0.111. The first-order valence-electron chi connectivity index (χ1n) is 7.15. The number of aromatic nitrogens is 1. The Morgan fingerprint density at radius 1 is 0.864 bits per heavy atom. The molecule has 4 heteroatoms. The molecule has 0 saturated carbocycles. The second-order valence-electron chi connectivity index (χ2n) is 5.11. The molecule has 22 heavy (non-hydrogen) atoms. The van der Waals surface area contributed by atoms with Crippen molar-refractivity contribution in [2.45, 2.75) is 12.1 Å². The molecule has 4 rings (SSSR count). The minimum absolute atomic E-state index is 0.0414. The zero-order valence-electron chi connectivity index (χ0n) is 11.8. The Balaban J connectivity index is 1.75. The average Bonchev–Trinajstić information content (AvgIpc) is 3.26. The van der Waals surface area contributed by atoms with Gasteiger partial charge in [0.05, 0.1) is 5.51 Å². The molecule has 0 amide bonds. The van der Waals surface area contributed by atoms with Crippen molar-refractivity contribution in [2.24, 2.45) is 4.99 Å². The third-order valence-corrected chi connectivity index (χ3v) is 4.29. The van der Waals surface area contributed by atoms with E-state index in [2.05, 4.69) is 29.2 Å². The summed E-state index contributed by atoms with van der Waals surface area (Å²) in [6.45, 7) is 0. The highest BCUT2D eigenvalue weighted by Crippen LogP contribution is 2.40. The molecule has 2 heterocycles. The Morgan fingerprint density at radius 2 is 1.55 bits per heavy atom. The third-order valence-electron chi connectivity index (χ3n) is 3.70. The SMILES string of the molecule is c1ccc(C2N=C(c3cscn3)OC2c2ccccc2)cc1. The van der Waals surface area contributed by atoms with E-state index in [4.69, 9.17) is 9.73 Å². The van der Waals surface area contributed by atoms with E-state index in [1.54, 1.807) is 16.8 Å². The molecular weight excluding hydrogens is 292 g/mol. The summed E-state index contributed by atoms with van der Waals surface area (Å²) in [6, 6.07) is 20.5. The van der Waals surface area contributed by atoms with Crippen molar-refractivity contribution in [3.63, 3.8) is 0 Å². The molecular formula is C18H14N2OS. The quantitative estimate of drug-likeness (QED) is 0.718. The lowest BCUT2D eigenvalue weighted by molar-refractivity contribution is 0.196. The molecule has 3 aromatic rings. The van der Waals surface area contributed by atoms with Crippen LogP contribution in [0.4, 0.5) is 0 Å². The van der Waals surface area contributed by atoms with Gasteiger partial charge in [-0.3, -0.25) is 0 Å². The highest BCUT2D eigenvalue weighted by Gasteiger charge is 2.34. The predicted octanol–water partition coefficient (Wildman–Crippen LogP) is 4.40. The Labute approximate surface area is 133 Å². The summed E-state index contributed by atoms with van der Waals surface area (Å²) in [7, 11) is 0. The van der Waals surface area contributed by atoms with Crippen molar-refractivity contribution >= 4 is 17.2 Å². The van der Waals surface area contributed by atoms with Crippen LogP contribution in [0.15, 0.2) is 76.5 Å². The standard InChI is InChI=1S/C18H14N2OS/c1-3-7-13(8-4-1)16-17(14-9-5-2-6-10-14)21-18(20-16)15-11-22-12-19-15/h1-12,16-17H. The molecule has 0 radical (unpaired) electrons. The highest BCUT2D eigenvalue weighted by molar-refractivity contribution is 7.07. The number of ether oxygens (including phenoxy) is 1. The van der Waals surface area contributed by atoms with Gasteiger partial charge in [-0.1, -0.05) is 60.7 Å². The fourth-order valence-electron chi connectivity index (χ4n) is 2.65. The molecule has 1 aliphatic heterocycles. The van der Waals surface area contributed by atoms with Gasteiger partial charge >= 0.3 is 0 Å². The summed E-state index contributed by atoms with van der Waals surface area (Å²) in [5, 5.41) is 1.97. The Kier molecular flexibility index (Phi) is 3.45. The largest absolute Gasteiger partial charge is 0.465 e. The van der Waals surface area contributed by atoms with Crippen molar-refractivity contribution in [3.05, 3.63) is 88.4 Å². The first kappa shape index (κ1) is 13.2. The van der Waals surface area contributed by atoms with Crippen molar-refractivity contribution in [3.8, 4) is 0 Å². The Hall–Kier alpha value is -2.46. The van der Waals surface area contributed by atoms with Gasteiger partial charge in [-0.05, 0) is 11.1 Å². The molecule has 2 unspecified atom stereocenters. The molecule has 3 nitrogen and oxygen atoms in total. The Bertz CT molecular complexity index is 769. The lowest BCUT2D eigenvalue weighted by Gasteiger charge is -2.18. The molecule has 0 spiro atoms. The molecule has 0 saturated heterocycles. The van der Waals surface area contributed by atoms with Gasteiger partial charge in [0.1, 0.15) is 11.7 Å². The van der Waals surface area contributed by atoms with Crippen LogP contribution in [-0.4, -0.2) is 10.9 Å². The summed E-state index contributed by atoms with van der Waals surface area (Å²) in [5.41, 5.74) is 4.89. The van der Waals surface area contributed by atoms with Crippen LogP contribution in [0.3, 0.4) is 0 Å². The van der Waals surface area contributed by atoms with Gasteiger partial charge in [0.2, 0.25) is 5.90 Å². The zero-order valence-corrected chi connectivity index (χ0v) is 12.6. The minimum Gasteiger partial charge on any atom is -0.465 e. The topological polar surface area (TPSA) is 34.5 Å². The summed E-state index contributed by atoms with van der Waals surface area (Å²) >= 11 is 1.55. The van der Waals surface area contributed by atoms with Crippen LogP contribution < -0.4 is 0 Å². The van der Waals surface area contributed by atoms with Gasteiger partial charge in [0.25, 0.3) is 0 Å². The maximum atomic E-state index is 6.15. The number of thiazole rings is 1. The summed E-state index contributed by atoms with van der Waals surface area (Å²) in [4.78, 5) is 9.11. The molecule has 2 aromatic carbocycles. The first-order valence-corrected chi connectivity index (χ1v) is 8.09. The number of rotatable bonds is 3. The summed E-state index contributed by atoms with van der Waals surface area (Å²) in [6.07, 6.45) is -0.111. The molecule has 1 aromatic heterocycles. The molecule has 0 bridgehead atoms. The number of nitrogens with zero attached hydrogens (tertiary/aromatic N) is 2. The third kappa shape index (κ3) is 2.42. The van der Waals surface area contributed by atoms with E-state index >= 15 is 0 Å². The van der Waals surface area contributed by atoms with E-state index in [1.165, 1.54) is 0 Å². The maximum Gasteiger partial charge on any atom is 0.237 e. The van der Waals surface area contributed by atoms with E-state index in [0.717, 1.165) is 16.8 Å². The number of hydrogen-bond acceptors (Lipinski definition) is 4.